The van der Waals surface area contributed by atoms with Crippen molar-refractivity contribution in [3.05, 3.63) is 70.4 Å². The summed E-state index contributed by atoms with van der Waals surface area (Å²) < 4.78 is 18.4. The van der Waals surface area contributed by atoms with Crippen molar-refractivity contribution >= 4 is 29.0 Å². The quantitative estimate of drug-likeness (QED) is 0.869. The predicted octanol–water partition coefficient (Wildman–Crippen LogP) is 3.73. The lowest BCUT2D eigenvalue weighted by Gasteiger charge is -2.06. The van der Waals surface area contributed by atoms with E-state index >= 15 is 0 Å². The molecule has 2 aromatic carbocycles. The number of thioether (sulfide) groups is 1. The molecule has 0 unspecified atom stereocenters. The summed E-state index contributed by atoms with van der Waals surface area (Å²) in [5.41, 5.74) is 1.67. The molecule has 0 aliphatic carbocycles. The first-order valence-corrected chi connectivity index (χ1v) is 7.64. The largest absolute Gasteiger partial charge is 0.489 e. The van der Waals surface area contributed by atoms with Gasteiger partial charge in [0, 0.05) is 0 Å². The highest BCUT2D eigenvalue weighted by molar-refractivity contribution is 8.18. The van der Waals surface area contributed by atoms with Crippen molar-refractivity contribution in [2.24, 2.45) is 0 Å². The molecule has 0 bridgehead atoms. The van der Waals surface area contributed by atoms with Gasteiger partial charge in [-0.1, -0.05) is 24.3 Å². The average Bonchev–Trinajstić information content (AvgIpc) is 2.86. The summed E-state index contributed by atoms with van der Waals surface area (Å²) in [6.45, 7) is 0.341. The molecule has 6 heteroatoms. The van der Waals surface area contributed by atoms with Crippen molar-refractivity contribution in [1.82, 2.24) is 5.32 Å². The lowest BCUT2D eigenvalue weighted by Crippen LogP contribution is -2.17. The molecule has 1 N–H and O–H groups in total. The first-order valence-electron chi connectivity index (χ1n) is 6.82. The summed E-state index contributed by atoms with van der Waals surface area (Å²) in [6.07, 6.45) is 1.65. The molecule has 3 rings (SSSR count). The fourth-order valence-corrected chi connectivity index (χ4v) is 2.66. The molecule has 0 radical (unpaired) electrons. The van der Waals surface area contributed by atoms with Crippen LogP contribution in [0.15, 0.2) is 53.4 Å². The van der Waals surface area contributed by atoms with Gasteiger partial charge in [-0.15, -0.1) is 0 Å². The minimum absolute atomic E-state index is 0.279. The molecule has 1 saturated heterocycles. The molecule has 1 fully saturated rings. The first-order chi connectivity index (χ1) is 11.1. The van der Waals surface area contributed by atoms with Gasteiger partial charge in [-0.2, -0.15) is 0 Å². The van der Waals surface area contributed by atoms with Crippen molar-refractivity contribution in [3.63, 3.8) is 0 Å². The summed E-state index contributed by atoms with van der Waals surface area (Å²) in [6, 6.07) is 13.2. The van der Waals surface area contributed by atoms with Crippen LogP contribution in [0.25, 0.3) is 6.08 Å². The molecule has 2 aromatic rings. The molecule has 0 spiro atoms. The maximum Gasteiger partial charge on any atom is 0.290 e. The SMILES string of the molecule is O=C1NC(=O)/C(=C\c2ccc(OCc3ccc(F)cc3)cc2)S1. The predicted molar refractivity (Wildman–Crippen MR) is 86.3 cm³/mol. The normalized spacial score (nSPS) is 15.8. The number of carbonyl (C=O) groups excluding carboxylic acids is 2. The van der Waals surface area contributed by atoms with Crippen molar-refractivity contribution < 1.29 is 18.7 Å². The molecular formula is C17H12FNO3S. The number of imide groups is 1. The Hall–Kier alpha value is -2.60. The molecule has 1 aliphatic rings. The molecule has 116 valence electrons. The van der Waals surface area contributed by atoms with Crippen LogP contribution in [0.5, 0.6) is 5.75 Å². The fourth-order valence-electron chi connectivity index (χ4n) is 1.98. The Bertz CT molecular complexity index is 769. The zero-order valence-electron chi connectivity index (χ0n) is 11.9. The first kappa shape index (κ1) is 15.3. The zero-order valence-corrected chi connectivity index (χ0v) is 12.7. The third kappa shape index (κ3) is 3.98. The van der Waals surface area contributed by atoms with Crippen LogP contribution in [0.3, 0.4) is 0 Å². The summed E-state index contributed by atoms with van der Waals surface area (Å²) in [4.78, 5) is 22.9. The highest BCUT2D eigenvalue weighted by Gasteiger charge is 2.24. The van der Waals surface area contributed by atoms with Gasteiger partial charge in [0.15, 0.2) is 0 Å². The highest BCUT2D eigenvalue weighted by atomic mass is 32.2. The molecule has 0 atom stereocenters. The lowest BCUT2D eigenvalue weighted by atomic mass is 10.2. The van der Waals surface area contributed by atoms with Crippen LogP contribution in [0.1, 0.15) is 11.1 Å². The molecule has 23 heavy (non-hydrogen) atoms. The Morgan fingerprint density at radius 3 is 2.35 bits per heavy atom. The number of amides is 2. The number of halogens is 1. The summed E-state index contributed by atoms with van der Waals surface area (Å²) in [7, 11) is 0. The molecule has 0 saturated carbocycles. The van der Waals surface area contributed by atoms with E-state index in [1.807, 2.05) is 0 Å². The van der Waals surface area contributed by atoms with Crippen LogP contribution in [-0.4, -0.2) is 11.1 Å². The van der Waals surface area contributed by atoms with Crippen LogP contribution < -0.4 is 10.1 Å². The number of hydrogen-bond donors (Lipinski definition) is 1. The number of hydrogen-bond acceptors (Lipinski definition) is 4. The smallest absolute Gasteiger partial charge is 0.290 e. The van der Waals surface area contributed by atoms with Crippen LogP contribution in [0.2, 0.25) is 0 Å². The van der Waals surface area contributed by atoms with E-state index in [2.05, 4.69) is 5.32 Å². The van der Waals surface area contributed by atoms with Gasteiger partial charge in [0.2, 0.25) is 0 Å². The van der Waals surface area contributed by atoms with E-state index < -0.39 is 0 Å². The van der Waals surface area contributed by atoms with Gasteiger partial charge >= 0.3 is 0 Å². The average molecular weight is 329 g/mol. The van der Waals surface area contributed by atoms with Gasteiger partial charge in [0.25, 0.3) is 11.1 Å². The molecule has 4 nitrogen and oxygen atoms in total. The van der Waals surface area contributed by atoms with Gasteiger partial charge in [-0.05, 0) is 53.2 Å². The van der Waals surface area contributed by atoms with E-state index in [9.17, 15) is 14.0 Å². The Morgan fingerprint density at radius 2 is 1.74 bits per heavy atom. The topological polar surface area (TPSA) is 55.4 Å². The zero-order chi connectivity index (χ0) is 16.2. The minimum atomic E-state index is -0.378. The Kier molecular flexibility index (Phi) is 4.43. The monoisotopic (exact) mass is 329 g/mol. The van der Waals surface area contributed by atoms with E-state index in [4.69, 9.17) is 4.74 Å². The second kappa shape index (κ2) is 6.66. The van der Waals surface area contributed by atoms with E-state index in [0.717, 1.165) is 22.9 Å². The molecule has 1 heterocycles. The van der Waals surface area contributed by atoms with Crippen LogP contribution in [-0.2, 0) is 11.4 Å². The number of rotatable bonds is 4. The van der Waals surface area contributed by atoms with Crippen molar-refractivity contribution in [2.75, 3.05) is 0 Å². The number of benzene rings is 2. The Morgan fingerprint density at radius 1 is 1.04 bits per heavy atom. The van der Waals surface area contributed by atoms with Gasteiger partial charge in [0.05, 0.1) is 4.91 Å². The van der Waals surface area contributed by atoms with Crippen molar-refractivity contribution in [2.45, 2.75) is 6.61 Å². The second-order valence-electron chi connectivity index (χ2n) is 4.84. The number of ether oxygens (including phenoxy) is 1. The standard InChI is InChI=1S/C17H12FNO3S/c18-13-5-1-12(2-6-13)10-22-14-7-3-11(4-8-14)9-15-16(20)19-17(21)23-15/h1-9H,10H2,(H,19,20,21)/b15-9+. The van der Waals surface area contributed by atoms with Gasteiger partial charge in [0.1, 0.15) is 18.2 Å². The molecule has 0 aromatic heterocycles. The van der Waals surface area contributed by atoms with Crippen molar-refractivity contribution in [1.29, 1.82) is 0 Å². The Labute approximate surface area is 136 Å². The minimum Gasteiger partial charge on any atom is -0.489 e. The highest BCUT2D eigenvalue weighted by Crippen LogP contribution is 2.26. The second-order valence-corrected chi connectivity index (χ2v) is 5.85. The van der Waals surface area contributed by atoms with Gasteiger partial charge in [-0.25, -0.2) is 4.39 Å². The lowest BCUT2D eigenvalue weighted by molar-refractivity contribution is -0.115. The van der Waals surface area contributed by atoms with Crippen LogP contribution in [0, 0.1) is 5.82 Å². The third-order valence-corrected chi connectivity index (χ3v) is 3.95. The van der Waals surface area contributed by atoms with Crippen LogP contribution >= 0.6 is 11.8 Å². The maximum atomic E-state index is 12.8. The molecular weight excluding hydrogens is 317 g/mol. The Balaban J connectivity index is 1.63. The van der Waals surface area contributed by atoms with Crippen molar-refractivity contribution in [3.8, 4) is 5.75 Å². The number of nitrogens with one attached hydrogen (secondary N) is 1. The summed E-state index contributed by atoms with van der Waals surface area (Å²) >= 11 is 0.881. The summed E-state index contributed by atoms with van der Waals surface area (Å²) in [5, 5.41) is 1.85. The fraction of sp³-hybridized carbons (Fsp3) is 0.0588. The van der Waals surface area contributed by atoms with Crippen LogP contribution in [0.4, 0.5) is 9.18 Å². The maximum absolute atomic E-state index is 12.8. The van der Waals surface area contributed by atoms with Gasteiger partial charge in [-0.3, -0.25) is 14.9 Å². The third-order valence-electron chi connectivity index (χ3n) is 3.14. The molecule has 1 aliphatic heterocycles. The van der Waals surface area contributed by atoms with E-state index in [1.165, 1.54) is 12.1 Å². The van der Waals surface area contributed by atoms with E-state index in [1.54, 1.807) is 42.5 Å². The number of carbonyl (C=O) groups is 2. The van der Waals surface area contributed by atoms with E-state index in [0.29, 0.717) is 17.3 Å². The summed E-state index contributed by atoms with van der Waals surface area (Å²) in [5.74, 6) is 0.00570. The van der Waals surface area contributed by atoms with E-state index in [-0.39, 0.29) is 17.0 Å². The molecule has 2 amide bonds. The van der Waals surface area contributed by atoms with Gasteiger partial charge < -0.3 is 4.74 Å².